The number of nitrogens with zero attached hydrogens (tertiary/aromatic N) is 3. The lowest BCUT2D eigenvalue weighted by Crippen LogP contribution is -2.19. The number of rotatable bonds is 4. The van der Waals surface area contributed by atoms with Gasteiger partial charge in [-0.05, 0) is 36.1 Å². The Morgan fingerprint density at radius 1 is 1.00 bits per heavy atom. The molecule has 0 aliphatic heterocycles. The lowest BCUT2D eigenvalue weighted by Gasteiger charge is -2.07. The molecule has 25 heavy (non-hydrogen) atoms. The first-order valence-corrected chi connectivity index (χ1v) is 8.47. The van der Waals surface area contributed by atoms with Gasteiger partial charge in [0.25, 0.3) is 5.56 Å². The van der Waals surface area contributed by atoms with E-state index < -0.39 is 0 Å². The van der Waals surface area contributed by atoms with E-state index in [0.29, 0.717) is 11.6 Å². The van der Waals surface area contributed by atoms with Gasteiger partial charge in [-0.15, -0.1) is 0 Å². The zero-order valence-electron chi connectivity index (χ0n) is 15.1. The molecule has 0 atom stereocenters. The van der Waals surface area contributed by atoms with E-state index in [2.05, 4.69) is 31.0 Å². The molecule has 0 aliphatic rings. The lowest BCUT2D eigenvalue weighted by atomic mass is 10.0. The van der Waals surface area contributed by atoms with Gasteiger partial charge in [0, 0.05) is 13.3 Å². The summed E-state index contributed by atoms with van der Waals surface area (Å²) in [5.74, 6) is 0.500. The Labute approximate surface area is 148 Å². The molecule has 128 valence electrons. The molecule has 2 aromatic carbocycles. The van der Waals surface area contributed by atoms with Crippen LogP contribution in [0.25, 0.3) is 5.69 Å². The average Bonchev–Trinajstić information content (AvgIpc) is 2.83. The molecule has 0 amide bonds. The third kappa shape index (κ3) is 3.33. The third-order valence-electron chi connectivity index (χ3n) is 4.47. The van der Waals surface area contributed by atoms with E-state index in [4.69, 9.17) is 0 Å². The van der Waals surface area contributed by atoms with Crippen LogP contribution in [-0.4, -0.2) is 15.6 Å². The van der Waals surface area contributed by atoms with Gasteiger partial charge in [0.05, 0.1) is 11.4 Å². The van der Waals surface area contributed by atoms with Crippen molar-refractivity contribution in [3.05, 3.63) is 81.8 Å². The Balaban J connectivity index is 1.97. The number of para-hydroxylation sites is 1. The van der Waals surface area contributed by atoms with Gasteiger partial charge >= 0.3 is 0 Å². The van der Waals surface area contributed by atoms with Gasteiger partial charge in [0.2, 0.25) is 0 Å². The van der Waals surface area contributed by atoms with Gasteiger partial charge < -0.3 is 0 Å². The summed E-state index contributed by atoms with van der Waals surface area (Å²) in [7, 11) is 1.88. The average molecular weight is 333 g/mol. The molecule has 0 spiro atoms. The molecule has 0 N–H and O–H groups in total. The first-order chi connectivity index (χ1) is 12.0. The molecule has 1 heterocycles. The molecule has 0 fully saturated rings. The molecular formula is C21H23N3O. The summed E-state index contributed by atoms with van der Waals surface area (Å²) in [6, 6.07) is 17.9. The molecule has 0 bridgehead atoms. The van der Waals surface area contributed by atoms with Crippen molar-refractivity contribution in [3.8, 4) is 5.69 Å². The van der Waals surface area contributed by atoms with E-state index in [1.54, 1.807) is 10.9 Å². The molecule has 4 heteroatoms. The minimum absolute atomic E-state index is 0.110. The molecule has 1 aromatic heterocycles. The van der Waals surface area contributed by atoms with Gasteiger partial charge in [-0.2, -0.15) is 0 Å². The second kappa shape index (κ2) is 6.93. The fraction of sp³-hybridized carbons (Fsp3) is 0.238. The number of aromatic nitrogens is 2. The van der Waals surface area contributed by atoms with Gasteiger partial charge in [-0.3, -0.25) is 9.48 Å². The van der Waals surface area contributed by atoms with Crippen molar-refractivity contribution in [1.29, 1.82) is 0 Å². The summed E-state index contributed by atoms with van der Waals surface area (Å²) in [4.78, 5) is 17.3. The van der Waals surface area contributed by atoms with Gasteiger partial charge in [-0.25, -0.2) is 9.67 Å². The Morgan fingerprint density at radius 3 is 2.24 bits per heavy atom. The van der Waals surface area contributed by atoms with Crippen molar-refractivity contribution < 1.29 is 0 Å². The molecule has 0 saturated carbocycles. The Kier molecular flexibility index (Phi) is 4.70. The minimum atomic E-state index is -0.110. The second-order valence-corrected chi connectivity index (χ2v) is 6.49. The molecule has 3 aromatic rings. The molecule has 0 aliphatic carbocycles. The van der Waals surface area contributed by atoms with E-state index >= 15 is 0 Å². The van der Waals surface area contributed by atoms with Crippen LogP contribution >= 0.6 is 0 Å². The maximum atomic E-state index is 12.8. The summed E-state index contributed by atoms with van der Waals surface area (Å²) in [5.41, 5.74) is 4.31. The molecule has 0 unspecified atom stereocenters. The summed E-state index contributed by atoms with van der Waals surface area (Å²) < 4.78 is 3.48. The first-order valence-electron chi connectivity index (χ1n) is 8.47. The van der Waals surface area contributed by atoms with Crippen LogP contribution < -0.4 is 5.56 Å². The van der Waals surface area contributed by atoms with Gasteiger partial charge in [-0.1, -0.05) is 56.3 Å². The summed E-state index contributed by atoms with van der Waals surface area (Å²) >= 11 is 0. The SMILES string of the molecule is Cc1c(N=Cc2ccc(C(C)C)cc2)c(=O)n(-c2ccccc2)n1C. The standard InChI is InChI=1S/C21H23N3O/c1-15(2)18-12-10-17(11-13-18)14-22-20-16(3)23(4)24(21(20)25)19-8-6-5-7-9-19/h5-15H,1-4H3. The monoisotopic (exact) mass is 333 g/mol. The van der Waals surface area contributed by atoms with Crippen LogP contribution in [0.2, 0.25) is 0 Å². The molecule has 0 saturated heterocycles. The highest BCUT2D eigenvalue weighted by Crippen LogP contribution is 2.17. The minimum Gasteiger partial charge on any atom is -0.283 e. The van der Waals surface area contributed by atoms with Crippen molar-refractivity contribution in [2.45, 2.75) is 26.7 Å². The predicted octanol–water partition coefficient (Wildman–Crippen LogP) is 4.36. The maximum Gasteiger partial charge on any atom is 0.297 e. The second-order valence-electron chi connectivity index (χ2n) is 6.49. The summed E-state index contributed by atoms with van der Waals surface area (Å²) in [6.45, 7) is 6.25. The normalized spacial score (nSPS) is 11.6. The highest BCUT2D eigenvalue weighted by molar-refractivity contribution is 5.82. The number of hydrogen-bond donors (Lipinski definition) is 0. The van der Waals surface area contributed by atoms with Gasteiger partial charge in [0.1, 0.15) is 0 Å². The Morgan fingerprint density at radius 2 is 1.64 bits per heavy atom. The van der Waals surface area contributed by atoms with Crippen molar-refractivity contribution in [2.24, 2.45) is 12.0 Å². The van der Waals surface area contributed by atoms with E-state index in [1.807, 2.05) is 61.1 Å². The summed E-state index contributed by atoms with van der Waals surface area (Å²) in [5, 5.41) is 0. The lowest BCUT2D eigenvalue weighted by molar-refractivity contribution is 0.630. The van der Waals surface area contributed by atoms with Gasteiger partial charge in [0.15, 0.2) is 5.69 Å². The molecule has 3 rings (SSSR count). The Hall–Kier alpha value is -2.88. The predicted molar refractivity (Wildman–Crippen MR) is 104 cm³/mol. The fourth-order valence-electron chi connectivity index (χ4n) is 2.81. The smallest absolute Gasteiger partial charge is 0.283 e. The molecule has 4 nitrogen and oxygen atoms in total. The highest BCUT2D eigenvalue weighted by Gasteiger charge is 2.14. The van der Waals surface area contributed by atoms with E-state index in [0.717, 1.165) is 16.9 Å². The van der Waals surface area contributed by atoms with Crippen LogP contribution in [0.5, 0.6) is 0 Å². The largest absolute Gasteiger partial charge is 0.297 e. The molecular weight excluding hydrogens is 310 g/mol. The Bertz CT molecular complexity index is 945. The molecule has 0 radical (unpaired) electrons. The van der Waals surface area contributed by atoms with Crippen molar-refractivity contribution in [1.82, 2.24) is 9.36 Å². The third-order valence-corrected chi connectivity index (χ3v) is 4.47. The zero-order chi connectivity index (χ0) is 18.0. The van der Waals surface area contributed by atoms with E-state index in [9.17, 15) is 4.79 Å². The van der Waals surface area contributed by atoms with Crippen molar-refractivity contribution >= 4 is 11.9 Å². The van der Waals surface area contributed by atoms with E-state index in [-0.39, 0.29) is 5.56 Å². The fourth-order valence-corrected chi connectivity index (χ4v) is 2.81. The van der Waals surface area contributed by atoms with Crippen LogP contribution in [0.15, 0.2) is 64.4 Å². The van der Waals surface area contributed by atoms with Crippen LogP contribution in [0.3, 0.4) is 0 Å². The number of hydrogen-bond acceptors (Lipinski definition) is 2. The van der Waals surface area contributed by atoms with Crippen LogP contribution in [0, 0.1) is 6.92 Å². The number of benzene rings is 2. The van der Waals surface area contributed by atoms with Crippen molar-refractivity contribution in [3.63, 3.8) is 0 Å². The summed E-state index contributed by atoms with van der Waals surface area (Å²) in [6.07, 6.45) is 1.75. The highest BCUT2D eigenvalue weighted by atomic mass is 16.1. The topological polar surface area (TPSA) is 39.3 Å². The first kappa shape index (κ1) is 17.0. The van der Waals surface area contributed by atoms with Crippen LogP contribution in [-0.2, 0) is 7.05 Å². The number of aliphatic imine (C=N–C) groups is 1. The van der Waals surface area contributed by atoms with Crippen molar-refractivity contribution in [2.75, 3.05) is 0 Å². The van der Waals surface area contributed by atoms with Crippen LogP contribution in [0.1, 0.15) is 36.6 Å². The quantitative estimate of drug-likeness (QED) is 0.654. The van der Waals surface area contributed by atoms with E-state index in [1.165, 1.54) is 5.56 Å². The maximum absolute atomic E-state index is 12.8. The zero-order valence-corrected chi connectivity index (χ0v) is 15.1. The van der Waals surface area contributed by atoms with Crippen LogP contribution in [0.4, 0.5) is 5.69 Å².